The monoisotopic (exact) mass is 830 g/mol. The summed E-state index contributed by atoms with van der Waals surface area (Å²) in [6.07, 6.45) is -3.40. The van der Waals surface area contributed by atoms with Crippen molar-refractivity contribution in [2.45, 2.75) is 74.9 Å². The van der Waals surface area contributed by atoms with Crippen LogP contribution < -0.4 is 4.74 Å². The molecule has 0 amide bonds. The van der Waals surface area contributed by atoms with Gasteiger partial charge in [-0.25, -0.2) is 0 Å². The molecule has 6 aromatic carbocycles. The third-order valence-electron chi connectivity index (χ3n) is 10.5. The number of aryl methyl sites for hydroxylation is 1. The molecule has 7 rings (SSSR count). The topological polar surface area (TPSA) is 86.6 Å². The Hall–Kier alpha value is -4.48. The van der Waals surface area contributed by atoms with Crippen molar-refractivity contribution >= 4 is 23.4 Å². The zero-order chi connectivity index (χ0) is 41.0. The number of hydrogen-bond acceptors (Lipinski definition) is 8. The van der Waals surface area contributed by atoms with Gasteiger partial charge in [0.1, 0.15) is 30.2 Å². The lowest BCUT2D eigenvalue weighted by Crippen LogP contribution is -2.61. The van der Waals surface area contributed by atoms with E-state index in [1.807, 2.05) is 153 Å². The number of rotatable bonds is 18. The Balaban J connectivity index is 1.31. The molecule has 0 saturated carbocycles. The predicted octanol–water partition coefficient (Wildman–Crippen LogP) is 10.4. The van der Waals surface area contributed by atoms with Crippen molar-refractivity contribution in [3.8, 4) is 5.75 Å². The summed E-state index contributed by atoms with van der Waals surface area (Å²) in [5.41, 5.74) is 6.44. The van der Waals surface area contributed by atoms with Crippen LogP contribution in [0.15, 0.2) is 158 Å². The molecule has 0 aliphatic carbocycles. The van der Waals surface area contributed by atoms with Crippen molar-refractivity contribution in [3.05, 3.63) is 207 Å². The summed E-state index contributed by atoms with van der Waals surface area (Å²) in [5.74, 6) is 0.721. The first kappa shape index (κ1) is 42.6. The smallest absolute Gasteiger partial charge is 0.165 e. The number of benzene rings is 6. The molecule has 0 bridgehead atoms. The second-order valence-corrected chi connectivity index (χ2v) is 16.6. The molecule has 306 valence electrons. The summed E-state index contributed by atoms with van der Waals surface area (Å²) in [6, 6.07) is 50.8. The maximum atomic E-state index is 13.5. The van der Waals surface area contributed by atoms with E-state index >= 15 is 0 Å². The minimum Gasteiger partial charge on any atom is -0.494 e. The maximum absolute atomic E-state index is 13.5. The Morgan fingerprint density at radius 1 is 0.627 bits per heavy atom. The van der Waals surface area contributed by atoms with E-state index in [0.29, 0.717) is 41.5 Å². The lowest BCUT2D eigenvalue weighted by atomic mass is 9.90. The molecule has 0 aromatic heterocycles. The van der Waals surface area contributed by atoms with Gasteiger partial charge in [0.05, 0.1) is 44.9 Å². The van der Waals surface area contributed by atoms with E-state index in [1.54, 1.807) is 18.2 Å². The van der Waals surface area contributed by atoms with Crippen LogP contribution in [0.3, 0.4) is 0 Å². The van der Waals surface area contributed by atoms with Crippen molar-refractivity contribution in [2.24, 2.45) is 0 Å². The van der Waals surface area contributed by atoms with Crippen molar-refractivity contribution < 1.29 is 33.9 Å². The second-order valence-electron chi connectivity index (χ2n) is 14.7. The molecule has 0 spiro atoms. The fraction of sp³-hybridized carbons (Fsp3) is 0.280. The molecule has 2 N–H and O–H groups in total. The maximum Gasteiger partial charge on any atom is 0.165 e. The zero-order valence-corrected chi connectivity index (χ0v) is 34.9. The van der Waals surface area contributed by atoms with Gasteiger partial charge >= 0.3 is 0 Å². The predicted molar refractivity (Wildman–Crippen MR) is 234 cm³/mol. The van der Waals surface area contributed by atoms with Crippen LogP contribution in [0.1, 0.15) is 57.5 Å². The van der Waals surface area contributed by atoms with Gasteiger partial charge in [0.25, 0.3) is 0 Å². The van der Waals surface area contributed by atoms with Gasteiger partial charge in [-0.15, -0.1) is 11.8 Å². The summed E-state index contributed by atoms with van der Waals surface area (Å²) >= 11 is 8.22. The summed E-state index contributed by atoms with van der Waals surface area (Å²) in [7, 11) is 0. The lowest BCUT2D eigenvalue weighted by Gasteiger charge is -2.50. The van der Waals surface area contributed by atoms with Crippen molar-refractivity contribution in [2.75, 3.05) is 13.2 Å². The molecule has 9 heteroatoms. The van der Waals surface area contributed by atoms with E-state index < -0.39 is 34.6 Å². The first-order valence-electron chi connectivity index (χ1n) is 20.0. The Morgan fingerprint density at radius 3 is 1.69 bits per heavy atom. The molecule has 1 heterocycles. The molecule has 6 aromatic rings. The molecule has 7 nitrogen and oxygen atoms in total. The van der Waals surface area contributed by atoms with Crippen LogP contribution in [0, 0.1) is 6.92 Å². The van der Waals surface area contributed by atoms with Crippen LogP contribution in [0.5, 0.6) is 5.75 Å². The molecule has 6 atom stereocenters. The van der Waals surface area contributed by atoms with E-state index in [0.717, 1.165) is 33.6 Å². The largest absolute Gasteiger partial charge is 0.494 e. The van der Waals surface area contributed by atoms with E-state index in [4.69, 9.17) is 35.3 Å². The molecular formula is C50H51ClO7S. The Labute approximate surface area is 356 Å². The Morgan fingerprint density at radius 2 is 1.15 bits per heavy atom. The number of ether oxygens (including phenoxy) is 5. The Kier molecular flexibility index (Phi) is 14.9. The second kappa shape index (κ2) is 20.7. The number of hydrogen-bond donors (Lipinski definition) is 2. The molecule has 1 saturated heterocycles. The van der Waals surface area contributed by atoms with E-state index in [-0.39, 0.29) is 19.8 Å². The van der Waals surface area contributed by atoms with Gasteiger partial charge in [-0.05, 0) is 77.1 Å². The summed E-state index contributed by atoms with van der Waals surface area (Å²) in [6.45, 7) is 5.79. The number of aliphatic hydroxyl groups is 2. The van der Waals surface area contributed by atoms with Crippen LogP contribution in [-0.4, -0.2) is 47.0 Å². The van der Waals surface area contributed by atoms with Crippen LogP contribution in [0.2, 0.25) is 5.02 Å². The van der Waals surface area contributed by atoms with E-state index in [9.17, 15) is 10.2 Å². The SMILES string of the molecule is CCOc1ccc(C(O)c2cc(C3(O)S[C@H](COCc4ccccc4)[C@@H](OCc4ccccc4)[C@H](OCc4ccccc4)[C@H]3OCc3ccccc3)ccc2Cl)c(C)c1. The third-order valence-corrected chi connectivity index (χ3v) is 12.4. The fourth-order valence-electron chi connectivity index (χ4n) is 7.44. The fourth-order valence-corrected chi connectivity index (χ4v) is 9.25. The molecule has 1 aliphatic rings. The van der Waals surface area contributed by atoms with Gasteiger partial charge in [-0.1, -0.05) is 145 Å². The van der Waals surface area contributed by atoms with E-state index in [2.05, 4.69) is 0 Å². The summed E-state index contributed by atoms with van der Waals surface area (Å²) < 4.78 is 32.9. The standard InChI is InChI=1S/C50H51ClO7S/c1-3-55-41-25-26-42(35(2)28-41)46(52)43-29-40(24-27-44(43)51)50(53)49(58-33-39-22-14-7-15-23-39)48(57-32-38-20-12-6-13-21-38)47(56-31-37-18-10-5-11-19-37)45(59-50)34-54-30-36-16-8-4-9-17-36/h4-29,45-49,52-53H,3,30-34H2,1-2H3/t45-,46?,47-,48+,49-,50?/m1/s1. The van der Waals surface area contributed by atoms with E-state index in [1.165, 1.54) is 11.8 Å². The highest BCUT2D eigenvalue weighted by Gasteiger charge is 2.57. The molecular weight excluding hydrogens is 780 g/mol. The highest BCUT2D eigenvalue weighted by Crippen LogP contribution is 2.51. The average molecular weight is 831 g/mol. The molecule has 1 aliphatic heterocycles. The van der Waals surface area contributed by atoms with Gasteiger partial charge < -0.3 is 33.9 Å². The first-order chi connectivity index (χ1) is 28.8. The summed E-state index contributed by atoms with van der Waals surface area (Å²) in [5, 5.41) is 25.3. The third kappa shape index (κ3) is 10.8. The van der Waals surface area contributed by atoms with Crippen molar-refractivity contribution in [1.82, 2.24) is 0 Å². The first-order valence-corrected chi connectivity index (χ1v) is 21.3. The molecule has 2 unspecified atom stereocenters. The van der Waals surface area contributed by atoms with Crippen LogP contribution in [-0.2, 0) is 50.3 Å². The average Bonchev–Trinajstić information content (AvgIpc) is 3.26. The number of thioether (sulfide) groups is 1. The quantitative estimate of drug-likeness (QED) is 0.0886. The molecule has 0 radical (unpaired) electrons. The van der Waals surface area contributed by atoms with Crippen LogP contribution in [0.25, 0.3) is 0 Å². The lowest BCUT2D eigenvalue weighted by molar-refractivity contribution is -0.199. The van der Waals surface area contributed by atoms with Crippen molar-refractivity contribution in [1.29, 1.82) is 0 Å². The van der Waals surface area contributed by atoms with Gasteiger partial charge in [0.2, 0.25) is 0 Å². The zero-order valence-electron chi connectivity index (χ0n) is 33.4. The highest BCUT2D eigenvalue weighted by molar-refractivity contribution is 8.00. The summed E-state index contributed by atoms with van der Waals surface area (Å²) in [4.78, 5) is -1.73. The minimum absolute atomic E-state index is 0.203. The minimum atomic E-state index is -1.73. The number of aliphatic hydroxyl groups excluding tert-OH is 1. The number of halogens is 1. The van der Waals surface area contributed by atoms with Gasteiger partial charge in [-0.3, -0.25) is 0 Å². The van der Waals surface area contributed by atoms with Gasteiger partial charge in [0, 0.05) is 10.6 Å². The normalized spacial score (nSPS) is 20.9. The van der Waals surface area contributed by atoms with Gasteiger partial charge in [0.15, 0.2) is 4.93 Å². The Bertz CT molecular complexity index is 2190. The molecule has 1 fully saturated rings. The van der Waals surface area contributed by atoms with Crippen molar-refractivity contribution in [3.63, 3.8) is 0 Å². The highest BCUT2D eigenvalue weighted by atomic mass is 35.5. The van der Waals surface area contributed by atoms with Gasteiger partial charge in [-0.2, -0.15) is 0 Å². The molecule has 59 heavy (non-hydrogen) atoms. The van der Waals surface area contributed by atoms with Crippen LogP contribution in [0.4, 0.5) is 0 Å². The van der Waals surface area contributed by atoms with Crippen LogP contribution >= 0.6 is 23.4 Å².